The van der Waals surface area contributed by atoms with Crippen molar-refractivity contribution in [1.82, 2.24) is 20.4 Å². The molecule has 0 aromatic heterocycles. The first-order valence-corrected chi connectivity index (χ1v) is 15.2. The standard InChI is InChI=1S/C31H32F3N5O3.C2HF3O2/c32-25-8-6-24(26(33)16-25)18-35-29(40)22-3-1-2-21(14-22)19-38-10-12-39(13-11-38)30(41)23-7-9-28(27(34)15-23)37-31(42)36-17-20-4-5-20;3-2(4,5)1(6)7/h1-3,6-9,14-16,20H,4-5,10-13,17-19H2,(H,35,40)(H2,36,37,42);(H,6,7). The third-order valence-corrected chi connectivity index (χ3v) is 7.66. The maximum absolute atomic E-state index is 14.6. The fourth-order valence-electron chi connectivity index (χ4n) is 4.78. The molecule has 0 radical (unpaired) electrons. The highest BCUT2D eigenvalue weighted by Crippen LogP contribution is 2.27. The second-order valence-electron chi connectivity index (χ2n) is 11.5. The molecule has 0 unspecified atom stereocenters. The molecule has 262 valence electrons. The highest BCUT2D eigenvalue weighted by molar-refractivity contribution is 5.96. The molecule has 4 amide bonds. The van der Waals surface area contributed by atoms with Crippen LogP contribution in [0.5, 0.6) is 0 Å². The summed E-state index contributed by atoms with van der Waals surface area (Å²) in [5, 5.41) is 15.0. The number of piperazine rings is 1. The van der Waals surface area contributed by atoms with E-state index in [1.165, 1.54) is 18.2 Å². The minimum Gasteiger partial charge on any atom is -0.475 e. The Morgan fingerprint density at radius 1 is 0.816 bits per heavy atom. The van der Waals surface area contributed by atoms with Gasteiger partial charge in [-0.2, -0.15) is 13.2 Å². The first-order chi connectivity index (χ1) is 23.2. The molecule has 3 aromatic carbocycles. The van der Waals surface area contributed by atoms with Crippen molar-refractivity contribution < 1.29 is 50.6 Å². The lowest BCUT2D eigenvalue weighted by atomic mass is 10.1. The molecule has 16 heteroatoms. The van der Waals surface area contributed by atoms with Crippen LogP contribution >= 0.6 is 0 Å². The summed E-state index contributed by atoms with van der Waals surface area (Å²) in [6, 6.07) is 13.9. The van der Waals surface area contributed by atoms with Crippen LogP contribution in [0, 0.1) is 23.4 Å². The number of hydrogen-bond acceptors (Lipinski definition) is 5. The van der Waals surface area contributed by atoms with Crippen molar-refractivity contribution >= 4 is 29.5 Å². The highest BCUT2D eigenvalue weighted by Gasteiger charge is 2.38. The van der Waals surface area contributed by atoms with Gasteiger partial charge in [-0.15, -0.1) is 0 Å². The van der Waals surface area contributed by atoms with Gasteiger partial charge in [0.05, 0.1) is 5.69 Å². The minimum atomic E-state index is -5.08. The summed E-state index contributed by atoms with van der Waals surface area (Å²) in [4.78, 5) is 50.3. The average Bonchev–Trinajstić information content (AvgIpc) is 3.89. The third kappa shape index (κ3) is 11.2. The predicted molar refractivity (Wildman–Crippen MR) is 165 cm³/mol. The number of nitrogens with zero attached hydrogens (tertiary/aromatic N) is 2. The van der Waals surface area contributed by atoms with Gasteiger partial charge in [0.25, 0.3) is 11.8 Å². The first-order valence-electron chi connectivity index (χ1n) is 15.2. The van der Waals surface area contributed by atoms with E-state index in [9.17, 15) is 40.7 Å². The van der Waals surface area contributed by atoms with Crippen LogP contribution in [0.25, 0.3) is 0 Å². The largest absolute Gasteiger partial charge is 0.490 e. The number of alkyl halides is 3. The van der Waals surface area contributed by atoms with Gasteiger partial charge in [-0.1, -0.05) is 18.2 Å². The van der Waals surface area contributed by atoms with Gasteiger partial charge in [-0.3, -0.25) is 14.5 Å². The van der Waals surface area contributed by atoms with E-state index in [4.69, 9.17) is 9.90 Å². The first kappa shape index (κ1) is 36.7. The van der Waals surface area contributed by atoms with E-state index in [2.05, 4.69) is 20.9 Å². The lowest BCUT2D eigenvalue weighted by Crippen LogP contribution is -2.48. The van der Waals surface area contributed by atoms with Crippen molar-refractivity contribution in [3.05, 3.63) is 100 Å². The summed E-state index contributed by atoms with van der Waals surface area (Å²) in [6.07, 6.45) is -2.90. The SMILES string of the molecule is O=C(NCC1CC1)Nc1ccc(C(=O)N2CCN(Cc3cccc(C(=O)NCc4ccc(F)cc4F)c3)CC2)cc1F.O=C(O)C(F)(F)F. The van der Waals surface area contributed by atoms with E-state index in [0.29, 0.717) is 50.7 Å². The molecule has 1 aliphatic carbocycles. The van der Waals surface area contributed by atoms with Crippen LogP contribution in [0.4, 0.5) is 36.8 Å². The molecule has 1 saturated carbocycles. The molecule has 0 atom stereocenters. The Hall–Kier alpha value is -5.12. The Bertz CT molecular complexity index is 1680. The Morgan fingerprint density at radius 2 is 1.51 bits per heavy atom. The number of halogens is 6. The van der Waals surface area contributed by atoms with Crippen molar-refractivity contribution in [1.29, 1.82) is 0 Å². The average molecular weight is 694 g/mol. The quantitative estimate of drug-likeness (QED) is 0.229. The summed E-state index contributed by atoms with van der Waals surface area (Å²) in [5.74, 6) is -4.98. The maximum atomic E-state index is 14.6. The molecule has 1 saturated heterocycles. The van der Waals surface area contributed by atoms with E-state index >= 15 is 0 Å². The number of hydrogen-bond donors (Lipinski definition) is 4. The normalized spacial score (nSPS) is 14.7. The monoisotopic (exact) mass is 693 g/mol. The number of benzene rings is 3. The molecular weight excluding hydrogens is 660 g/mol. The summed E-state index contributed by atoms with van der Waals surface area (Å²) >= 11 is 0. The number of carboxylic acids is 1. The van der Waals surface area contributed by atoms with Gasteiger partial charge >= 0.3 is 18.2 Å². The summed E-state index contributed by atoms with van der Waals surface area (Å²) in [5.41, 5.74) is 1.74. The minimum absolute atomic E-state index is 0.0168. The number of urea groups is 1. The predicted octanol–water partition coefficient (Wildman–Crippen LogP) is 5.16. The van der Waals surface area contributed by atoms with Crippen LogP contribution in [0.15, 0.2) is 60.7 Å². The number of carboxylic acid groups (broad SMARTS) is 1. The maximum Gasteiger partial charge on any atom is 0.490 e. The van der Waals surface area contributed by atoms with Crippen LogP contribution in [-0.4, -0.2) is 77.6 Å². The summed E-state index contributed by atoms with van der Waals surface area (Å²) < 4.78 is 73.3. The van der Waals surface area contributed by atoms with E-state index in [1.54, 1.807) is 23.1 Å². The van der Waals surface area contributed by atoms with Gasteiger partial charge in [0.2, 0.25) is 0 Å². The van der Waals surface area contributed by atoms with E-state index in [0.717, 1.165) is 36.6 Å². The second kappa shape index (κ2) is 16.3. The van der Waals surface area contributed by atoms with Gasteiger partial charge in [0.15, 0.2) is 0 Å². The number of nitrogens with one attached hydrogen (secondary N) is 3. The lowest BCUT2D eigenvalue weighted by Gasteiger charge is -2.35. The molecule has 10 nitrogen and oxygen atoms in total. The third-order valence-electron chi connectivity index (χ3n) is 7.66. The Kier molecular flexibility index (Phi) is 12.2. The zero-order chi connectivity index (χ0) is 35.7. The number of amides is 4. The van der Waals surface area contributed by atoms with Crippen LogP contribution < -0.4 is 16.0 Å². The number of carbonyl (C=O) groups is 4. The van der Waals surface area contributed by atoms with Gasteiger partial charge in [0, 0.05) is 68.6 Å². The molecule has 1 aliphatic heterocycles. The van der Waals surface area contributed by atoms with Crippen LogP contribution in [0.3, 0.4) is 0 Å². The van der Waals surface area contributed by atoms with E-state index in [1.807, 2.05) is 6.07 Å². The topological polar surface area (TPSA) is 131 Å². The van der Waals surface area contributed by atoms with Crippen LogP contribution in [0.1, 0.15) is 44.7 Å². The molecule has 49 heavy (non-hydrogen) atoms. The van der Waals surface area contributed by atoms with Crippen molar-refractivity contribution in [2.24, 2.45) is 5.92 Å². The Morgan fingerprint density at radius 3 is 2.12 bits per heavy atom. The van der Waals surface area contributed by atoms with Crippen molar-refractivity contribution in [3.63, 3.8) is 0 Å². The number of aliphatic carboxylic acids is 1. The molecule has 0 spiro atoms. The number of rotatable bonds is 9. The molecule has 5 rings (SSSR count). The molecular formula is C33H33F6N5O5. The molecule has 2 fully saturated rings. The molecule has 0 bridgehead atoms. The Labute approximate surface area is 277 Å². The fourth-order valence-corrected chi connectivity index (χ4v) is 4.78. The van der Waals surface area contributed by atoms with Crippen LogP contribution in [0.2, 0.25) is 0 Å². The van der Waals surface area contributed by atoms with Gasteiger partial charge < -0.3 is 26.0 Å². The lowest BCUT2D eigenvalue weighted by molar-refractivity contribution is -0.192. The zero-order valence-corrected chi connectivity index (χ0v) is 26.0. The zero-order valence-electron chi connectivity index (χ0n) is 26.0. The molecule has 4 N–H and O–H groups in total. The summed E-state index contributed by atoms with van der Waals surface area (Å²) in [7, 11) is 0. The van der Waals surface area contributed by atoms with Crippen molar-refractivity contribution in [2.45, 2.75) is 32.1 Å². The second-order valence-corrected chi connectivity index (χ2v) is 11.5. The smallest absolute Gasteiger partial charge is 0.475 e. The van der Waals surface area contributed by atoms with Gasteiger partial charge in [0.1, 0.15) is 17.5 Å². The fraction of sp³-hybridized carbons (Fsp3) is 0.333. The van der Waals surface area contributed by atoms with Gasteiger partial charge in [-0.25, -0.2) is 22.8 Å². The molecule has 3 aromatic rings. The van der Waals surface area contributed by atoms with E-state index in [-0.39, 0.29) is 35.2 Å². The van der Waals surface area contributed by atoms with Gasteiger partial charge in [-0.05, 0) is 60.7 Å². The summed E-state index contributed by atoms with van der Waals surface area (Å²) in [6.45, 7) is 3.15. The number of carbonyl (C=O) groups excluding carboxylic acids is 3. The van der Waals surface area contributed by atoms with Crippen molar-refractivity contribution in [3.8, 4) is 0 Å². The van der Waals surface area contributed by atoms with Crippen molar-refractivity contribution in [2.75, 3.05) is 38.0 Å². The number of anilines is 1. The van der Waals surface area contributed by atoms with Crippen LogP contribution in [-0.2, 0) is 17.9 Å². The molecule has 2 aliphatic rings. The Balaban J connectivity index is 0.000000698. The van der Waals surface area contributed by atoms with E-state index < -0.39 is 35.6 Å². The molecule has 1 heterocycles. The highest BCUT2D eigenvalue weighted by atomic mass is 19.4.